The number of piperazine rings is 1. The number of nitrogens with zero attached hydrogens (tertiary/aromatic N) is 3. The van der Waals surface area contributed by atoms with Crippen molar-refractivity contribution in [1.82, 2.24) is 15.5 Å². The second-order valence-electron chi connectivity index (χ2n) is 7.66. The van der Waals surface area contributed by atoms with Gasteiger partial charge in [0.1, 0.15) is 5.75 Å². The molecule has 0 radical (unpaired) electrons. The number of rotatable bonds is 8. The third kappa shape index (κ3) is 7.88. The van der Waals surface area contributed by atoms with Crippen LogP contribution in [-0.2, 0) is 0 Å². The van der Waals surface area contributed by atoms with Crippen molar-refractivity contribution in [3.63, 3.8) is 0 Å². The number of halogens is 1. The molecule has 1 aliphatic rings. The molecule has 31 heavy (non-hydrogen) atoms. The van der Waals surface area contributed by atoms with Crippen LogP contribution in [0.15, 0.2) is 59.6 Å². The molecule has 1 aliphatic heterocycles. The number of anilines is 1. The van der Waals surface area contributed by atoms with Gasteiger partial charge in [-0.15, -0.1) is 24.0 Å². The Kier molecular flexibility index (Phi) is 10.9. The molecule has 6 nitrogen and oxygen atoms in total. The highest BCUT2D eigenvalue weighted by atomic mass is 127. The standard InChI is InChI=1S/C24H35N5O.HI/c1-20(21-8-5-4-6-9-21)27-24(25-2)26-14-7-15-28-16-18-29(19-17-28)22-10-12-23(30-3)13-11-22;/h4-6,8-13,20H,7,14-19H2,1-3H3,(H2,25,26,27);1H. The van der Waals surface area contributed by atoms with E-state index in [2.05, 4.69) is 68.7 Å². The molecule has 170 valence electrons. The van der Waals surface area contributed by atoms with Crippen molar-refractivity contribution in [2.24, 2.45) is 4.99 Å². The summed E-state index contributed by atoms with van der Waals surface area (Å²) < 4.78 is 5.25. The van der Waals surface area contributed by atoms with Crippen LogP contribution in [0.4, 0.5) is 5.69 Å². The molecule has 2 N–H and O–H groups in total. The van der Waals surface area contributed by atoms with E-state index in [1.807, 2.05) is 25.2 Å². The van der Waals surface area contributed by atoms with Crippen LogP contribution in [0.1, 0.15) is 24.9 Å². The molecule has 0 amide bonds. The molecule has 3 rings (SSSR count). The minimum Gasteiger partial charge on any atom is -0.497 e. The smallest absolute Gasteiger partial charge is 0.191 e. The second kappa shape index (κ2) is 13.4. The van der Waals surface area contributed by atoms with Crippen LogP contribution in [-0.4, -0.2) is 64.3 Å². The number of hydrogen-bond donors (Lipinski definition) is 2. The van der Waals surface area contributed by atoms with E-state index in [0.29, 0.717) is 0 Å². The monoisotopic (exact) mass is 537 g/mol. The van der Waals surface area contributed by atoms with Crippen LogP contribution in [0.5, 0.6) is 5.75 Å². The molecule has 0 saturated carbocycles. The summed E-state index contributed by atoms with van der Waals surface area (Å²) in [6.45, 7) is 8.52. The maximum absolute atomic E-state index is 5.25. The Bertz CT molecular complexity index is 776. The summed E-state index contributed by atoms with van der Waals surface area (Å²) in [6, 6.07) is 19.0. The van der Waals surface area contributed by atoms with Crippen LogP contribution in [0.2, 0.25) is 0 Å². The van der Waals surface area contributed by atoms with E-state index in [1.54, 1.807) is 7.11 Å². The number of hydrogen-bond acceptors (Lipinski definition) is 4. The Labute approximate surface area is 204 Å². The maximum Gasteiger partial charge on any atom is 0.191 e. The molecule has 2 aromatic rings. The Morgan fingerprint density at radius 1 is 1.03 bits per heavy atom. The fourth-order valence-electron chi connectivity index (χ4n) is 3.76. The third-order valence-electron chi connectivity index (χ3n) is 5.63. The van der Waals surface area contributed by atoms with Crippen molar-refractivity contribution < 1.29 is 4.74 Å². The lowest BCUT2D eigenvalue weighted by Crippen LogP contribution is -2.47. The van der Waals surface area contributed by atoms with Crippen LogP contribution in [0.3, 0.4) is 0 Å². The van der Waals surface area contributed by atoms with Crippen molar-refractivity contribution in [1.29, 1.82) is 0 Å². The average Bonchev–Trinajstić information content (AvgIpc) is 2.82. The summed E-state index contributed by atoms with van der Waals surface area (Å²) in [5, 5.41) is 6.91. The zero-order chi connectivity index (χ0) is 21.2. The number of ether oxygens (including phenoxy) is 1. The van der Waals surface area contributed by atoms with Crippen LogP contribution in [0.25, 0.3) is 0 Å². The van der Waals surface area contributed by atoms with Gasteiger partial charge in [0, 0.05) is 45.5 Å². The minimum absolute atomic E-state index is 0. The third-order valence-corrected chi connectivity index (χ3v) is 5.63. The van der Waals surface area contributed by atoms with E-state index in [-0.39, 0.29) is 30.0 Å². The lowest BCUT2D eigenvalue weighted by atomic mass is 10.1. The van der Waals surface area contributed by atoms with Crippen LogP contribution >= 0.6 is 24.0 Å². The van der Waals surface area contributed by atoms with Crippen LogP contribution in [0, 0.1) is 0 Å². The molecule has 1 atom stereocenters. The molecule has 1 heterocycles. The summed E-state index contributed by atoms with van der Waals surface area (Å²) in [4.78, 5) is 9.35. The minimum atomic E-state index is 0. The molecule has 0 aromatic heterocycles. The van der Waals surface area contributed by atoms with Gasteiger partial charge in [-0.2, -0.15) is 0 Å². The van der Waals surface area contributed by atoms with Gasteiger partial charge in [-0.05, 0) is 49.7 Å². The van der Waals surface area contributed by atoms with Gasteiger partial charge in [0.25, 0.3) is 0 Å². The van der Waals surface area contributed by atoms with Gasteiger partial charge in [-0.25, -0.2) is 0 Å². The van der Waals surface area contributed by atoms with Crippen LogP contribution < -0.4 is 20.3 Å². The largest absolute Gasteiger partial charge is 0.497 e. The van der Waals surface area contributed by atoms with Gasteiger partial charge in [0.2, 0.25) is 0 Å². The molecule has 0 aliphatic carbocycles. The predicted octanol–water partition coefficient (Wildman–Crippen LogP) is 3.75. The van der Waals surface area contributed by atoms with E-state index in [9.17, 15) is 0 Å². The second-order valence-corrected chi connectivity index (χ2v) is 7.66. The zero-order valence-electron chi connectivity index (χ0n) is 18.9. The van der Waals surface area contributed by atoms with Crippen molar-refractivity contribution in [3.8, 4) is 5.75 Å². The van der Waals surface area contributed by atoms with Gasteiger partial charge in [0.15, 0.2) is 5.96 Å². The summed E-state index contributed by atoms with van der Waals surface area (Å²) >= 11 is 0. The van der Waals surface area contributed by atoms with Gasteiger partial charge < -0.3 is 20.3 Å². The highest BCUT2D eigenvalue weighted by Gasteiger charge is 2.17. The molecule has 0 spiro atoms. The summed E-state index contributed by atoms with van der Waals surface area (Å²) in [5.74, 6) is 1.77. The average molecular weight is 537 g/mol. The van der Waals surface area contributed by atoms with Gasteiger partial charge in [-0.3, -0.25) is 9.89 Å². The number of aliphatic imine (C=N–C) groups is 1. The SMILES string of the molecule is CN=C(NCCCN1CCN(c2ccc(OC)cc2)CC1)NC(C)c1ccccc1.I. The molecular formula is C24H36IN5O. The Morgan fingerprint density at radius 3 is 2.32 bits per heavy atom. The zero-order valence-corrected chi connectivity index (χ0v) is 21.2. The molecule has 1 unspecified atom stereocenters. The first kappa shape index (κ1) is 25.3. The summed E-state index contributed by atoms with van der Waals surface area (Å²) in [6.07, 6.45) is 1.10. The first-order chi connectivity index (χ1) is 14.7. The first-order valence-electron chi connectivity index (χ1n) is 10.8. The van der Waals surface area contributed by atoms with Crippen molar-refractivity contribution in [2.75, 3.05) is 58.3 Å². The predicted molar refractivity (Wildman–Crippen MR) is 141 cm³/mol. The van der Waals surface area contributed by atoms with Gasteiger partial charge in [0.05, 0.1) is 13.2 Å². The molecule has 1 fully saturated rings. The molecule has 1 saturated heterocycles. The molecular weight excluding hydrogens is 501 g/mol. The van der Waals surface area contributed by atoms with E-state index < -0.39 is 0 Å². The van der Waals surface area contributed by atoms with Gasteiger partial charge >= 0.3 is 0 Å². The molecule has 2 aromatic carbocycles. The number of guanidine groups is 1. The van der Waals surface area contributed by atoms with E-state index >= 15 is 0 Å². The lowest BCUT2D eigenvalue weighted by molar-refractivity contribution is 0.255. The Morgan fingerprint density at radius 2 is 1.71 bits per heavy atom. The van der Waals surface area contributed by atoms with Crippen molar-refractivity contribution in [3.05, 3.63) is 60.2 Å². The summed E-state index contributed by atoms with van der Waals surface area (Å²) in [7, 11) is 3.53. The molecule has 0 bridgehead atoms. The Hall–Kier alpha value is -2.00. The molecule has 7 heteroatoms. The lowest BCUT2D eigenvalue weighted by Gasteiger charge is -2.36. The van der Waals surface area contributed by atoms with E-state index in [0.717, 1.165) is 57.4 Å². The number of methoxy groups -OCH3 is 1. The topological polar surface area (TPSA) is 52.1 Å². The summed E-state index contributed by atoms with van der Waals surface area (Å²) in [5.41, 5.74) is 2.54. The fourth-order valence-corrected chi connectivity index (χ4v) is 3.76. The van der Waals surface area contributed by atoms with Gasteiger partial charge in [-0.1, -0.05) is 30.3 Å². The highest BCUT2D eigenvalue weighted by Crippen LogP contribution is 2.20. The van der Waals surface area contributed by atoms with Crippen molar-refractivity contribution in [2.45, 2.75) is 19.4 Å². The maximum atomic E-state index is 5.25. The number of nitrogens with one attached hydrogen (secondary N) is 2. The number of benzene rings is 2. The highest BCUT2D eigenvalue weighted by molar-refractivity contribution is 14.0. The van der Waals surface area contributed by atoms with E-state index in [4.69, 9.17) is 4.74 Å². The fraction of sp³-hybridized carbons (Fsp3) is 0.458. The normalized spacial score (nSPS) is 15.7. The Balaban J connectivity index is 0.00000341. The first-order valence-corrected chi connectivity index (χ1v) is 10.8. The quantitative estimate of drug-likeness (QED) is 0.233. The van der Waals surface area contributed by atoms with Crippen molar-refractivity contribution >= 4 is 35.6 Å². The van der Waals surface area contributed by atoms with E-state index in [1.165, 1.54) is 11.3 Å².